The van der Waals surface area contributed by atoms with Gasteiger partial charge >= 0.3 is 5.97 Å². The van der Waals surface area contributed by atoms with Gasteiger partial charge in [-0.25, -0.2) is 0 Å². The summed E-state index contributed by atoms with van der Waals surface area (Å²) in [5.74, 6) is -1.22. The smallest absolute Gasteiger partial charge is 0.303 e. The fraction of sp³-hybridized carbons (Fsp3) is 0.471. The van der Waals surface area contributed by atoms with Gasteiger partial charge in [-0.2, -0.15) is 0 Å². The minimum absolute atomic E-state index is 0.0154. The molecule has 0 bridgehead atoms. The second-order valence-corrected chi connectivity index (χ2v) is 5.25. The number of carbonyl (C=O) groups excluding carboxylic acids is 2. The number of nitrogens with one attached hydrogen (secondary N) is 1. The minimum Gasteiger partial charge on any atom is -0.481 e. The second kappa shape index (κ2) is 9.71. The lowest BCUT2D eigenvalue weighted by Crippen LogP contribution is -2.11. The summed E-state index contributed by atoms with van der Waals surface area (Å²) in [6.45, 7) is 2.12. The number of rotatable bonds is 10. The van der Waals surface area contributed by atoms with Crippen molar-refractivity contribution in [2.24, 2.45) is 0 Å². The summed E-state index contributed by atoms with van der Waals surface area (Å²) in [6.07, 6.45) is 4.53. The Morgan fingerprint density at radius 3 is 2.23 bits per heavy atom. The van der Waals surface area contributed by atoms with Crippen molar-refractivity contribution >= 4 is 23.3 Å². The van der Waals surface area contributed by atoms with Gasteiger partial charge in [0.15, 0.2) is 5.78 Å². The van der Waals surface area contributed by atoms with E-state index in [2.05, 4.69) is 12.2 Å². The number of unbranched alkanes of at least 4 members (excludes halogenated alkanes) is 3. The van der Waals surface area contributed by atoms with Gasteiger partial charge in [-0.3, -0.25) is 14.4 Å². The number of amides is 1. The van der Waals surface area contributed by atoms with Crippen molar-refractivity contribution in [1.82, 2.24) is 0 Å². The Balaban J connectivity index is 2.42. The standard InChI is InChI=1S/C17H23NO4/c1-2-3-4-5-6-16(20)18-14-9-7-13(8-10-14)15(19)11-12-17(21)22/h7-10H,2-6,11-12H2,1H3,(H,18,20)(H,21,22). The first kappa shape index (κ1) is 17.9. The molecule has 1 aromatic carbocycles. The zero-order valence-corrected chi connectivity index (χ0v) is 12.9. The lowest BCUT2D eigenvalue weighted by Gasteiger charge is -2.06. The fourth-order valence-electron chi connectivity index (χ4n) is 2.04. The van der Waals surface area contributed by atoms with Gasteiger partial charge in [0.05, 0.1) is 6.42 Å². The second-order valence-electron chi connectivity index (χ2n) is 5.25. The Morgan fingerprint density at radius 1 is 0.955 bits per heavy atom. The van der Waals surface area contributed by atoms with E-state index < -0.39 is 5.97 Å². The van der Waals surface area contributed by atoms with Crippen molar-refractivity contribution in [2.75, 3.05) is 5.32 Å². The third-order valence-electron chi connectivity index (χ3n) is 3.31. The number of carboxylic acids is 1. The van der Waals surface area contributed by atoms with E-state index in [4.69, 9.17) is 5.11 Å². The van der Waals surface area contributed by atoms with Crippen LogP contribution in [0.2, 0.25) is 0 Å². The van der Waals surface area contributed by atoms with Gasteiger partial charge in [-0.15, -0.1) is 0 Å². The lowest BCUT2D eigenvalue weighted by molar-refractivity contribution is -0.137. The fourth-order valence-corrected chi connectivity index (χ4v) is 2.04. The van der Waals surface area contributed by atoms with Crippen LogP contribution >= 0.6 is 0 Å². The molecule has 0 unspecified atom stereocenters. The molecule has 1 rings (SSSR count). The van der Waals surface area contributed by atoms with E-state index in [0.29, 0.717) is 17.7 Å². The molecular weight excluding hydrogens is 282 g/mol. The molecule has 1 aromatic rings. The predicted octanol–water partition coefficient (Wildman–Crippen LogP) is 3.64. The zero-order chi connectivity index (χ0) is 16.4. The average molecular weight is 305 g/mol. The number of carbonyl (C=O) groups is 3. The average Bonchev–Trinajstić information content (AvgIpc) is 2.50. The number of ketones is 1. The van der Waals surface area contributed by atoms with Gasteiger partial charge in [0.2, 0.25) is 5.91 Å². The van der Waals surface area contributed by atoms with Gasteiger partial charge in [-0.1, -0.05) is 26.2 Å². The Labute approximate surface area is 130 Å². The molecule has 0 aliphatic rings. The first-order valence-corrected chi connectivity index (χ1v) is 7.68. The third kappa shape index (κ3) is 7.02. The number of hydrogen-bond donors (Lipinski definition) is 2. The molecule has 0 heterocycles. The maximum Gasteiger partial charge on any atom is 0.303 e. The Hall–Kier alpha value is -2.17. The molecule has 0 atom stereocenters. The predicted molar refractivity (Wildman–Crippen MR) is 85.0 cm³/mol. The Kier molecular flexibility index (Phi) is 7.89. The van der Waals surface area contributed by atoms with Crippen LogP contribution in [0.3, 0.4) is 0 Å². The number of aliphatic carboxylic acids is 1. The third-order valence-corrected chi connectivity index (χ3v) is 3.31. The molecule has 2 N–H and O–H groups in total. The van der Waals surface area contributed by atoms with Crippen molar-refractivity contribution < 1.29 is 19.5 Å². The topological polar surface area (TPSA) is 83.5 Å². The normalized spacial score (nSPS) is 10.2. The van der Waals surface area contributed by atoms with Crippen LogP contribution in [0.4, 0.5) is 5.69 Å². The van der Waals surface area contributed by atoms with Gasteiger partial charge in [0.25, 0.3) is 0 Å². The summed E-state index contributed by atoms with van der Waals surface area (Å²) >= 11 is 0. The van der Waals surface area contributed by atoms with E-state index in [1.165, 1.54) is 0 Å². The quantitative estimate of drug-likeness (QED) is 0.510. The molecule has 120 valence electrons. The van der Waals surface area contributed by atoms with Gasteiger partial charge < -0.3 is 10.4 Å². The van der Waals surface area contributed by atoms with E-state index in [1.807, 2.05) is 0 Å². The molecule has 0 aliphatic carbocycles. The summed E-state index contributed by atoms with van der Waals surface area (Å²) < 4.78 is 0. The van der Waals surface area contributed by atoms with E-state index in [-0.39, 0.29) is 24.5 Å². The first-order chi connectivity index (χ1) is 10.5. The van der Waals surface area contributed by atoms with Crippen molar-refractivity contribution in [3.8, 4) is 0 Å². The lowest BCUT2D eigenvalue weighted by atomic mass is 10.1. The summed E-state index contributed by atoms with van der Waals surface area (Å²) in [4.78, 5) is 33.9. The molecule has 0 aromatic heterocycles. The van der Waals surface area contributed by atoms with E-state index in [0.717, 1.165) is 25.7 Å². The monoisotopic (exact) mass is 305 g/mol. The van der Waals surface area contributed by atoms with Crippen LogP contribution in [0, 0.1) is 0 Å². The van der Waals surface area contributed by atoms with Crippen LogP contribution in [0.15, 0.2) is 24.3 Å². The molecule has 0 fully saturated rings. The summed E-state index contributed by atoms with van der Waals surface area (Å²) in [7, 11) is 0. The Morgan fingerprint density at radius 2 is 1.64 bits per heavy atom. The maximum absolute atomic E-state index is 11.7. The number of carboxylic acid groups (broad SMARTS) is 1. The van der Waals surface area contributed by atoms with Gasteiger partial charge in [0.1, 0.15) is 0 Å². The van der Waals surface area contributed by atoms with Crippen molar-refractivity contribution in [2.45, 2.75) is 51.9 Å². The van der Waals surface area contributed by atoms with Crippen molar-refractivity contribution in [3.63, 3.8) is 0 Å². The summed E-state index contributed by atoms with van der Waals surface area (Å²) in [5.41, 5.74) is 1.11. The molecule has 1 amide bonds. The molecular formula is C17H23NO4. The number of hydrogen-bond acceptors (Lipinski definition) is 3. The highest BCUT2D eigenvalue weighted by molar-refractivity contribution is 5.98. The van der Waals surface area contributed by atoms with Crippen LogP contribution in [-0.4, -0.2) is 22.8 Å². The maximum atomic E-state index is 11.7. The van der Waals surface area contributed by atoms with Crippen LogP contribution in [0.1, 0.15) is 62.2 Å². The van der Waals surface area contributed by atoms with Crippen LogP contribution < -0.4 is 5.32 Å². The molecule has 5 nitrogen and oxygen atoms in total. The van der Waals surface area contributed by atoms with Crippen molar-refractivity contribution in [3.05, 3.63) is 29.8 Å². The van der Waals surface area contributed by atoms with E-state index in [9.17, 15) is 14.4 Å². The molecule has 0 aliphatic heterocycles. The number of benzene rings is 1. The van der Waals surface area contributed by atoms with Crippen LogP contribution in [0.25, 0.3) is 0 Å². The van der Waals surface area contributed by atoms with Gasteiger partial charge in [0, 0.05) is 24.1 Å². The van der Waals surface area contributed by atoms with Crippen molar-refractivity contribution in [1.29, 1.82) is 0 Å². The summed E-state index contributed by atoms with van der Waals surface area (Å²) in [6, 6.07) is 6.55. The molecule has 0 radical (unpaired) electrons. The molecule has 0 saturated carbocycles. The molecule has 0 spiro atoms. The van der Waals surface area contributed by atoms with Gasteiger partial charge in [-0.05, 0) is 30.7 Å². The number of anilines is 1. The first-order valence-electron chi connectivity index (χ1n) is 7.68. The minimum atomic E-state index is -0.986. The Bertz CT molecular complexity index is 508. The highest BCUT2D eigenvalue weighted by Gasteiger charge is 2.09. The SMILES string of the molecule is CCCCCCC(=O)Nc1ccc(C(=O)CCC(=O)O)cc1. The molecule has 5 heteroatoms. The molecule has 0 saturated heterocycles. The van der Waals surface area contributed by atoms with E-state index >= 15 is 0 Å². The van der Waals surface area contributed by atoms with Crippen LogP contribution in [0.5, 0.6) is 0 Å². The zero-order valence-electron chi connectivity index (χ0n) is 12.9. The van der Waals surface area contributed by atoms with E-state index in [1.54, 1.807) is 24.3 Å². The largest absolute Gasteiger partial charge is 0.481 e. The number of Topliss-reactive ketones (excluding diaryl/α,β-unsaturated/α-hetero) is 1. The highest BCUT2D eigenvalue weighted by atomic mass is 16.4. The van der Waals surface area contributed by atoms with Crippen LogP contribution in [-0.2, 0) is 9.59 Å². The molecule has 22 heavy (non-hydrogen) atoms. The summed E-state index contributed by atoms with van der Waals surface area (Å²) in [5, 5.41) is 11.3. The highest BCUT2D eigenvalue weighted by Crippen LogP contribution is 2.13.